The predicted molar refractivity (Wildman–Crippen MR) is 272 cm³/mol. The number of phenolic OH excluding ortho intramolecular Hbond substituents is 1. The number of unbranched alkanes of at least 4 members (excludes halogenated alkanes) is 1. The Labute approximate surface area is 430 Å². The first-order valence-electron chi connectivity index (χ1n) is 23.6. The second kappa shape index (κ2) is 33.0. The minimum atomic E-state index is -1.78. The molecule has 0 bridgehead atoms. The minimum Gasteiger partial charge on any atom is -0.508 e. The van der Waals surface area contributed by atoms with E-state index in [-0.39, 0.29) is 68.4 Å². The van der Waals surface area contributed by atoms with Crippen molar-refractivity contribution in [1.82, 2.24) is 42.5 Å². The third kappa shape index (κ3) is 24.4. The van der Waals surface area contributed by atoms with Crippen LogP contribution >= 0.6 is 21.6 Å². The molecular weight excluding hydrogens is 995 g/mol. The van der Waals surface area contributed by atoms with Gasteiger partial charge in [0.1, 0.15) is 48.0 Å². The maximum atomic E-state index is 14.3. The fourth-order valence-corrected chi connectivity index (χ4v) is 9.09. The first kappa shape index (κ1) is 62.2. The second-order valence-corrected chi connectivity index (χ2v) is 19.7. The van der Waals surface area contributed by atoms with Crippen LogP contribution in [-0.4, -0.2) is 149 Å². The van der Waals surface area contributed by atoms with E-state index < -0.39 is 139 Å². The Hall–Kier alpha value is -6.88. The number of aliphatic imine (C=N–C) groups is 1. The van der Waals surface area contributed by atoms with Crippen LogP contribution in [0.2, 0.25) is 0 Å². The summed E-state index contributed by atoms with van der Waals surface area (Å²) in [5.41, 5.74) is 33.2. The molecule has 1 fully saturated rings. The highest BCUT2D eigenvalue weighted by atomic mass is 33.1. The molecule has 406 valence electrons. The van der Waals surface area contributed by atoms with Crippen molar-refractivity contribution in [3.05, 3.63) is 29.8 Å². The van der Waals surface area contributed by atoms with Gasteiger partial charge >= 0.3 is 0 Å². The number of amides is 11. The van der Waals surface area contributed by atoms with Gasteiger partial charge in [-0.1, -0.05) is 54.0 Å². The zero-order valence-electron chi connectivity index (χ0n) is 40.9. The van der Waals surface area contributed by atoms with Gasteiger partial charge < -0.3 is 82.0 Å². The van der Waals surface area contributed by atoms with Crippen molar-refractivity contribution in [2.24, 2.45) is 45.3 Å². The van der Waals surface area contributed by atoms with Crippen molar-refractivity contribution >= 4 is 92.5 Å². The molecule has 0 unspecified atom stereocenters. The SMILES string of the molecule is CC[C@H](C)[C@@H]1NC(=O)[C@@H](Cc2ccc(O)cc2)NC(=O)CCSSC[C@@H](C(=O)N[C@H](CCCCN)C(=O)N[C@@H](CCCN=C(N)N)C(=O)NCC(N)=O)NC(=O)[C@H](CC(N)=O)NC(=O)[C@@H](CCC(N)=O)NC1=O. The average molecular weight is 1070 g/mol. The van der Waals surface area contributed by atoms with Gasteiger partial charge in [-0.05, 0) is 68.7 Å². The van der Waals surface area contributed by atoms with E-state index in [1.54, 1.807) is 26.0 Å². The minimum absolute atomic E-state index is 0.0154. The maximum absolute atomic E-state index is 14.3. The lowest BCUT2D eigenvalue weighted by Crippen LogP contribution is -2.61. The number of nitrogens with two attached hydrogens (primary N) is 6. The molecule has 11 amide bonds. The summed E-state index contributed by atoms with van der Waals surface area (Å²) < 4.78 is 0. The Kier molecular flexibility index (Phi) is 28.1. The van der Waals surface area contributed by atoms with Crippen LogP contribution in [0.15, 0.2) is 29.3 Å². The molecule has 1 aliphatic heterocycles. The third-order valence-electron chi connectivity index (χ3n) is 11.1. The van der Waals surface area contributed by atoms with Crippen LogP contribution in [0.1, 0.15) is 83.6 Å². The molecule has 8 atom stereocenters. The highest BCUT2D eigenvalue weighted by Crippen LogP contribution is 2.24. The number of carbonyl (C=O) groups excluding carboxylic acids is 11. The van der Waals surface area contributed by atoms with Crippen LogP contribution in [0.25, 0.3) is 0 Å². The maximum Gasteiger partial charge on any atom is 0.244 e. The van der Waals surface area contributed by atoms with Gasteiger partial charge in [0.2, 0.25) is 65.0 Å². The predicted octanol–water partition coefficient (Wildman–Crippen LogP) is -4.92. The number of nitrogens with one attached hydrogen (secondary N) is 8. The van der Waals surface area contributed by atoms with Gasteiger partial charge in [0.15, 0.2) is 5.96 Å². The molecule has 1 aliphatic rings. The molecule has 0 saturated carbocycles. The summed E-state index contributed by atoms with van der Waals surface area (Å²) >= 11 is 0. The molecule has 0 aromatic heterocycles. The molecule has 1 aromatic rings. The van der Waals surface area contributed by atoms with Crippen molar-refractivity contribution in [1.29, 1.82) is 0 Å². The molecule has 29 heteroatoms. The number of hydrogen-bond donors (Lipinski definition) is 15. The number of aromatic hydroxyl groups is 1. The smallest absolute Gasteiger partial charge is 0.244 e. The highest BCUT2D eigenvalue weighted by Gasteiger charge is 2.36. The zero-order valence-corrected chi connectivity index (χ0v) is 42.5. The summed E-state index contributed by atoms with van der Waals surface area (Å²) in [7, 11) is 2.13. The van der Waals surface area contributed by atoms with E-state index in [0.717, 1.165) is 21.6 Å². The van der Waals surface area contributed by atoms with Crippen LogP contribution in [0, 0.1) is 5.92 Å². The van der Waals surface area contributed by atoms with Crippen molar-refractivity contribution < 1.29 is 57.8 Å². The summed E-state index contributed by atoms with van der Waals surface area (Å²) in [6.07, 6.45) is -0.686. The quantitative estimate of drug-likeness (QED) is 0.0200. The van der Waals surface area contributed by atoms with Crippen LogP contribution in [0.4, 0.5) is 0 Å². The van der Waals surface area contributed by atoms with Gasteiger partial charge in [0, 0.05) is 37.3 Å². The van der Waals surface area contributed by atoms with Crippen LogP contribution < -0.4 is 76.9 Å². The van der Waals surface area contributed by atoms with E-state index >= 15 is 0 Å². The normalized spacial score (nSPS) is 20.6. The molecule has 1 saturated heterocycles. The number of rotatable bonds is 24. The second-order valence-electron chi connectivity index (χ2n) is 17.1. The molecule has 21 N–H and O–H groups in total. The Morgan fingerprint density at radius 2 is 1.37 bits per heavy atom. The van der Waals surface area contributed by atoms with Crippen molar-refractivity contribution in [3.8, 4) is 5.75 Å². The number of phenols is 1. The highest BCUT2D eigenvalue weighted by molar-refractivity contribution is 8.76. The van der Waals surface area contributed by atoms with E-state index in [4.69, 9.17) is 34.4 Å². The van der Waals surface area contributed by atoms with E-state index in [1.807, 2.05) is 0 Å². The number of benzene rings is 1. The van der Waals surface area contributed by atoms with Crippen LogP contribution in [-0.2, 0) is 59.2 Å². The molecule has 1 heterocycles. The topological polar surface area (TPSA) is 473 Å². The van der Waals surface area contributed by atoms with Crippen LogP contribution in [0.3, 0.4) is 0 Å². The number of nitrogens with zero attached hydrogens (tertiary/aromatic N) is 1. The van der Waals surface area contributed by atoms with Gasteiger partial charge in [-0.3, -0.25) is 57.7 Å². The summed E-state index contributed by atoms with van der Waals surface area (Å²) in [6, 6.07) is -4.20. The summed E-state index contributed by atoms with van der Waals surface area (Å²) in [6.45, 7) is 3.15. The lowest BCUT2D eigenvalue weighted by molar-refractivity contribution is -0.137. The Morgan fingerprint density at radius 3 is 1.99 bits per heavy atom. The number of primary amides is 3. The van der Waals surface area contributed by atoms with Gasteiger partial charge in [-0.2, -0.15) is 0 Å². The van der Waals surface area contributed by atoms with Crippen LogP contribution in [0.5, 0.6) is 5.75 Å². The Balaban J connectivity index is 2.62. The molecule has 0 aliphatic carbocycles. The van der Waals surface area contributed by atoms with E-state index in [0.29, 0.717) is 24.8 Å². The van der Waals surface area contributed by atoms with Gasteiger partial charge in [-0.15, -0.1) is 0 Å². The largest absolute Gasteiger partial charge is 0.508 e. The number of guanidine groups is 1. The summed E-state index contributed by atoms with van der Waals surface area (Å²) in [5, 5.41) is 30.1. The zero-order chi connectivity index (χ0) is 54.6. The summed E-state index contributed by atoms with van der Waals surface area (Å²) in [4.78, 5) is 151. The van der Waals surface area contributed by atoms with E-state index in [2.05, 4.69) is 47.5 Å². The summed E-state index contributed by atoms with van der Waals surface area (Å²) in [5.74, 6) is -10.7. The standard InChI is InChI=1S/C44H71N15O12S2/c1-3-23(2)36-43(71)56-28(13-14-32(46)61)39(67)57-30(20-33(47)62)40(68)58-31(22-73-72-18-15-35(64)53-29(41(69)59-36)19-24-9-11-25(60)12-10-24)42(70)55-27(7-4-5-16-45)38(66)54-26(8-6-17-51-44(49)50)37(65)52-21-34(48)63/h9-12,23,26-31,36,60H,3-8,13-22,45H2,1-2H3,(H2,46,61)(H2,47,62)(H2,48,63)(H,52,65)(H,53,64)(H,54,66)(H,55,70)(H,56,71)(H,57,67)(H,58,68)(H,59,69)(H4,49,50,51)/t23-,26-,27+,28+,29+,30-,31-,36-/m0/s1. The van der Waals surface area contributed by atoms with E-state index in [1.165, 1.54) is 12.1 Å². The fraction of sp³-hybridized carbons (Fsp3) is 0.591. The lowest BCUT2D eigenvalue weighted by atomic mass is 9.96. The molecule has 0 spiro atoms. The van der Waals surface area contributed by atoms with Gasteiger partial charge in [0.05, 0.1) is 13.0 Å². The fourth-order valence-electron chi connectivity index (χ4n) is 6.94. The van der Waals surface area contributed by atoms with Crippen molar-refractivity contribution in [2.45, 2.75) is 127 Å². The lowest BCUT2D eigenvalue weighted by Gasteiger charge is -2.29. The molecule has 2 rings (SSSR count). The molecule has 27 nitrogen and oxygen atoms in total. The Bertz CT molecular complexity index is 2120. The molecular formula is C44H71N15O12S2. The third-order valence-corrected chi connectivity index (χ3v) is 13.5. The molecule has 73 heavy (non-hydrogen) atoms. The monoisotopic (exact) mass is 1070 g/mol. The first-order valence-corrected chi connectivity index (χ1v) is 26.1. The number of carbonyl (C=O) groups is 11. The first-order chi connectivity index (χ1) is 34.5. The van der Waals surface area contributed by atoms with Crippen molar-refractivity contribution in [3.63, 3.8) is 0 Å². The van der Waals surface area contributed by atoms with Crippen molar-refractivity contribution in [2.75, 3.05) is 31.1 Å². The molecule has 0 radical (unpaired) electrons. The average Bonchev–Trinajstić information content (AvgIpc) is 3.32. The Morgan fingerprint density at radius 1 is 0.740 bits per heavy atom. The number of hydrogen-bond acceptors (Lipinski definition) is 16. The van der Waals surface area contributed by atoms with Gasteiger partial charge in [0.25, 0.3) is 0 Å². The van der Waals surface area contributed by atoms with Gasteiger partial charge in [-0.25, -0.2) is 0 Å². The molecule has 1 aromatic carbocycles. The van der Waals surface area contributed by atoms with E-state index in [9.17, 15) is 57.8 Å².